The first-order valence-corrected chi connectivity index (χ1v) is 9.62. The van der Waals surface area contributed by atoms with Gasteiger partial charge >= 0.3 is 0 Å². The van der Waals surface area contributed by atoms with E-state index in [1.807, 2.05) is 0 Å². The van der Waals surface area contributed by atoms with E-state index < -0.39 is 0 Å². The summed E-state index contributed by atoms with van der Waals surface area (Å²) in [5, 5.41) is 10.5. The molecule has 140 valence electrons. The highest BCUT2D eigenvalue weighted by Gasteiger charge is 1.97. The van der Waals surface area contributed by atoms with E-state index in [0.29, 0.717) is 0 Å². The molecule has 0 bridgehead atoms. The maximum atomic E-state index is 2.24. The van der Waals surface area contributed by atoms with Crippen LogP contribution in [0.4, 0.5) is 0 Å². The van der Waals surface area contributed by atoms with Gasteiger partial charge in [0.2, 0.25) is 0 Å². The lowest BCUT2D eigenvalue weighted by Gasteiger charge is -2.02. The summed E-state index contributed by atoms with van der Waals surface area (Å²) in [5.41, 5.74) is 0. The molecule has 0 spiro atoms. The summed E-state index contributed by atoms with van der Waals surface area (Å²) in [7, 11) is 0. The Morgan fingerprint density at radius 3 is 0.897 bits per heavy atom. The zero-order valence-electron chi connectivity index (χ0n) is 15.5. The standard InChI is InChI=1S/2C14H10.CH4/c1-3-7-13-11(5-1)9-10-12-6-2-4-8-14(12)13;1-2-6-12-10-14-8-4-3-7-13(14)9-11(12)5-1;/h2*1-10H;1H4. The van der Waals surface area contributed by atoms with Gasteiger partial charge in [-0.15, -0.1) is 0 Å². The smallest absolute Gasteiger partial charge is 0.0105 e. The molecule has 0 radical (unpaired) electrons. The summed E-state index contributed by atoms with van der Waals surface area (Å²) in [6, 6.07) is 42.8. The Kier molecular flexibility index (Phi) is 5.27. The van der Waals surface area contributed by atoms with Crippen LogP contribution in [0.15, 0.2) is 121 Å². The molecule has 0 N–H and O–H groups in total. The van der Waals surface area contributed by atoms with Crippen LogP contribution >= 0.6 is 0 Å². The molecule has 0 fully saturated rings. The monoisotopic (exact) mass is 372 g/mol. The van der Waals surface area contributed by atoms with Gasteiger partial charge in [0.05, 0.1) is 0 Å². The van der Waals surface area contributed by atoms with Crippen LogP contribution in [-0.2, 0) is 0 Å². The third kappa shape index (κ3) is 3.70. The molecular formula is C29H24. The van der Waals surface area contributed by atoms with Crippen LogP contribution in [0.3, 0.4) is 0 Å². The molecule has 0 heterocycles. The summed E-state index contributed by atoms with van der Waals surface area (Å²) in [6.07, 6.45) is 0. The molecule has 0 amide bonds. The average Bonchev–Trinajstić information content (AvgIpc) is 2.78. The van der Waals surface area contributed by atoms with E-state index in [2.05, 4.69) is 121 Å². The lowest BCUT2D eigenvalue weighted by atomic mass is 10.0. The quantitative estimate of drug-likeness (QED) is 0.185. The normalized spacial score (nSPS) is 10.5. The summed E-state index contributed by atoms with van der Waals surface area (Å²) < 4.78 is 0. The molecule has 0 aromatic heterocycles. The van der Waals surface area contributed by atoms with Crippen molar-refractivity contribution in [3.63, 3.8) is 0 Å². The molecule has 0 aliphatic carbocycles. The van der Waals surface area contributed by atoms with Crippen LogP contribution in [0.1, 0.15) is 7.43 Å². The molecule has 0 saturated carbocycles. The topological polar surface area (TPSA) is 0 Å². The van der Waals surface area contributed by atoms with Crippen molar-refractivity contribution in [2.24, 2.45) is 0 Å². The van der Waals surface area contributed by atoms with Gasteiger partial charge in [0.25, 0.3) is 0 Å². The van der Waals surface area contributed by atoms with Crippen molar-refractivity contribution in [2.45, 2.75) is 7.43 Å². The summed E-state index contributed by atoms with van der Waals surface area (Å²) in [6.45, 7) is 0. The van der Waals surface area contributed by atoms with Gasteiger partial charge in [-0.3, -0.25) is 0 Å². The highest BCUT2D eigenvalue weighted by molar-refractivity contribution is 6.07. The number of hydrogen-bond acceptors (Lipinski definition) is 0. The zero-order chi connectivity index (χ0) is 18.8. The fraction of sp³-hybridized carbons (Fsp3) is 0.0345. The highest BCUT2D eigenvalue weighted by Crippen LogP contribution is 2.24. The molecule has 6 aromatic rings. The fourth-order valence-corrected chi connectivity index (χ4v) is 3.84. The van der Waals surface area contributed by atoms with E-state index in [1.54, 1.807) is 0 Å². The summed E-state index contributed by atoms with van der Waals surface area (Å²) in [4.78, 5) is 0. The van der Waals surface area contributed by atoms with Gasteiger partial charge in [-0.2, -0.15) is 0 Å². The second kappa shape index (κ2) is 8.16. The van der Waals surface area contributed by atoms with Crippen molar-refractivity contribution < 1.29 is 0 Å². The first kappa shape index (κ1) is 18.7. The van der Waals surface area contributed by atoms with Crippen molar-refractivity contribution in [2.75, 3.05) is 0 Å². The number of fused-ring (bicyclic) bond motifs is 5. The Hall–Kier alpha value is -3.64. The molecule has 0 atom stereocenters. The van der Waals surface area contributed by atoms with Gasteiger partial charge in [0, 0.05) is 0 Å². The third-order valence-electron chi connectivity index (χ3n) is 5.27. The van der Waals surface area contributed by atoms with Gasteiger partial charge < -0.3 is 0 Å². The first-order valence-electron chi connectivity index (χ1n) is 9.62. The van der Waals surface area contributed by atoms with E-state index >= 15 is 0 Å². The van der Waals surface area contributed by atoms with Crippen molar-refractivity contribution in [3.05, 3.63) is 121 Å². The molecule has 0 aliphatic heterocycles. The second-order valence-electron chi connectivity index (χ2n) is 7.05. The Morgan fingerprint density at radius 2 is 0.552 bits per heavy atom. The molecule has 0 nitrogen and oxygen atoms in total. The average molecular weight is 373 g/mol. The predicted octanol–water partition coefficient (Wildman–Crippen LogP) is 8.62. The summed E-state index contributed by atoms with van der Waals surface area (Å²) in [5.74, 6) is 0. The molecule has 0 heteroatoms. The van der Waals surface area contributed by atoms with Crippen LogP contribution in [0.25, 0.3) is 43.1 Å². The highest BCUT2D eigenvalue weighted by atomic mass is 14.0. The summed E-state index contributed by atoms with van der Waals surface area (Å²) >= 11 is 0. The Balaban J connectivity index is 0.000000137. The van der Waals surface area contributed by atoms with E-state index in [1.165, 1.54) is 43.1 Å². The van der Waals surface area contributed by atoms with E-state index in [9.17, 15) is 0 Å². The molecular weight excluding hydrogens is 348 g/mol. The Labute approximate surface area is 172 Å². The lowest BCUT2D eigenvalue weighted by molar-refractivity contribution is 1.76. The molecule has 0 unspecified atom stereocenters. The van der Waals surface area contributed by atoms with Gasteiger partial charge in [-0.05, 0) is 55.2 Å². The maximum absolute atomic E-state index is 2.24. The molecule has 6 rings (SSSR count). The molecule has 29 heavy (non-hydrogen) atoms. The van der Waals surface area contributed by atoms with Crippen LogP contribution in [0.5, 0.6) is 0 Å². The number of rotatable bonds is 0. The predicted molar refractivity (Wildman–Crippen MR) is 130 cm³/mol. The van der Waals surface area contributed by atoms with Crippen molar-refractivity contribution >= 4 is 43.1 Å². The van der Waals surface area contributed by atoms with Crippen molar-refractivity contribution in [1.29, 1.82) is 0 Å². The van der Waals surface area contributed by atoms with Gasteiger partial charge in [0.1, 0.15) is 0 Å². The zero-order valence-corrected chi connectivity index (χ0v) is 15.5. The van der Waals surface area contributed by atoms with E-state index in [0.717, 1.165) is 0 Å². The van der Waals surface area contributed by atoms with Crippen LogP contribution in [0, 0.1) is 0 Å². The van der Waals surface area contributed by atoms with Crippen molar-refractivity contribution in [1.82, 2.24) is 0 Å². The minimum absolute atomic E-state index is 0. The maximum Gasteiger partial charge on any atom is -0.0105 e. The first-order chi connectivity index (χ1) is 13.9. The SMILES string of the molecule is C.c1ccc2c(c1)ccc1ccccc12.c1ccc2cc3ccccc3cc2c1. The van der Waals surface area contributed by atoms with Gasteiger partial charge in [-0.25, -0.2) is 0 Å². The lowest BCUT2D eigenvalue weighted by Crippen LogP contribution is -1.75. The Morgan fingerprint density at radius 1 is 0.276 bits per heavy atom. The largest absolute Gasteiger partial charge is 0.0776 e. The second-order valence-corrected chi connectivity index (χ2v) is 7.05. The number of hydrogen-bond donors (Lipinski definition) is 0. The molecule has 6 aromatic carbocycles. The third-order valence-corrected chi connectivity index (χ3v) is 5.27. The minimum atomic E-state index is 0. The van der Waals surface area contributed by atoms with E-state index in [-0.39, 0.29) is 7.43 Å². The van der Waals surface area contributed by atoms with Crippen molar-refractivity contribution in [3.8, 4) is 0 Å². The number of benzene rings is 6. The van der Waals surface area contributed by atoms with Crippen LogP contribution in [-0.4, -0.2) is 0 Å². The van der Waals surface area contributed by atoms with E-state index in [4.69, 9.17) is 0 Å². The van der Waals surface area contributed by atoms with Gasteiger partial charge in [-0.1, -0.05) is 117 Å². The van der Waals surface area contributed by atoms with Crippen LogP contribution in [0.2, 0.25) is 0 Å². The molecule has 0 saturated heterocycles. The fourth-order valence-electron chi connectivity index (χ4n) is 3.84. The molecule has 0 aliphatic rings. The van der Waals surface area contributed by atoms with Gasteiger partial charge in [0.15, 0.2) is 0 Å². The Bertz CT molecular complexity index is 1230. The minimum Gasteiger partial charge on any atom is -0.0776 e. The van der Waals surface area contributed by atoms with Crippen LogP contribution < -0.4 is 0 Å².